The third-order valence-electron chi connectivity index (χ3n) is 3.01. The maximum absolute atomic E-state index is 6.10. The molecule has 1 aromatic carbocycles. The summed E-state index contributed by atoms with van der Waals surface area (Å²) in [7, 11) is 0. The Bertz CT molecular complexity index is 499. The van der Waals surface area contributed by atoms with E-state index in [-0.39, 0.29) is 11.5 Å². The Morgan fingerprint density at radius 2 is 1.89 bits per heavy atom. The number of benzene rings is 1. The van der Waals surface area contributed by atoms with Crippen LogP contribution in [0.1, 0.15) is 26.7 Å². The topological polar surface area (TPSA) is 64.9 Å². The minimum atomic E-state index is 0.00146. The summed E-state index contributed by atoms with van der Waals surface area (Å²) in [5.74, 6) is 1.21. The second-order valence-electron chi connectivity index (χ2n) is 5.55. The molecule has 96 valence electrons. The predicted molar refractivity (Wildman–Crippen MR) is 70.9 cm³/mol. The van der Waals surface area contributed by atoms with Gasteiger partial charge in [0, 0.05) is 18.0 Å². The molecule has 0 aliphatic rings. The lowest BCUT2D eigenvalue weighted by Crippen LogP contribution is -2.36. The summed E-state index contributed by atoms with van der Waals surface area (Å²) in [5.41, 5.74) is 7.09. The fourth-order valence-corrected chi connectivity index (χ4v) is 1.54. The summed E-state index contributed by atoms with van der Waals surface area (Å²) < 4.78 is 5.24. The molecule has 2 aromatic rings. The fraction of sp³-hybridized carbons (Fsp3) is 0.429. The van der Waals surface area contributed by atoms with Crippen molar-refractivity contribution in [3.8, 4) is 11.4 Å². The van der Waals surface area contributed by atoms with Crippen molar-refractivity contribution in [3.05, 3.63) is 36.2 Å². The number of hydrogen-bond acceptors (Lipinski definition) is 4. The van der Waals surface area contributed by atoms with Gasteiger partial charge in [-0.2, -0.15) is 4.98 Å². The Morgan fingerprint density at radius 3 is 2.50 bits per heavy atom. The predicted octanol–water partition coefficient (Wildman–Crippen LogP) is 2.65. The molecule has 2 rings (SSSR count). The van der Waals surface area contributed by atoms with Crippen LogP contribution in [0.3, 0.4) is 0 Å². The van der Waals surface area contributed by atoms with Gasteiger partial charge in [0.15, 0.2) is 0 Å². The first kappa shape index (κ1) is 12.8. The van der Waals surface area contributed by atoms with Crippen LogP contribution in [-0.2, 0) is 6.42 Å². The highest BCUT2D eigenvalue weighted by Crippen LogP contribution is 2.21. The number of nitrogens with two attached hydrogens (primary N) is 1. The monoisotopic (exact) mass is 245 g/mol. The Morgan fingerprint density at radius 1 is 1.22 bits per heavy atom. The van der Waals surface area contributed by atoms with Crippen molar-refractivity contribution >= 4 is 0 Å². The Labute approximate surface area is 107 Å². The Balaban J connectivity index is 2.12. The van der Waals surface area contributed by atoms with Crippen LogP contribution in [0.25, 0.3) is 11.4 Å². The third kappa shape index (κ3) is 2.96. The highest BCUT2D eigenvalue weighted by Gasteiger charge is 2.23. The van der Waals surface area contributed by atoms with Gasteiger partial charge in [0.25, 0.3) is 0 Å². The van der Waals surface area contributed by atoms with Gasteiger partial charge in [0.2, 0.25) is 11.7 Å². The molecule has 4 heteroatoms. The van der Waals surface area contributed by atoms with Gasteiger partial charge in [-0.25, -0.2) is 0 Å². The molecular formula is C14H19N3O. The zero-order chi connectivity index (χ0) is 13.2. The summed E-state index contributed by atoms with van der Waals surface area (Å²) >= 11 is 0. The van der Waals surface area contributed by atoms with Crippen molar-refractivity contribution in [3.63, 3.8) is 0 Å². The van der Waals surface area contributed by atoms with E-state index in [0.29, 0.717) is 18.1 Å². The molecule has 0 saturated heterocycles. The second kappa shape index (κ2) is 4.90. The molecule has 0 radical (unpaired) electrons. The lowest BCUT2D eigenvalue weighted by atomic mass is 9.85. The van der Waals surface area contributed by atoms with Gasteiger partial charge in [-0.3, -0.25) is 0 Å². The van der Waals surface area contributed by atoms with E-state index in [1.165, 1.54) is 0 Å². The van der Waals surface area contributed by atoms with Crippen molar-refractivity contribution in [2.75, 3.05) is 0 Å². The van der Waals surface area contributed by atoms with Crippen molar-refractivity contribution in [1.29, 1.82) is 0 Å². The molecule has 0 aliphatic heterocycles. The van der Waals surface area contributed by atoms with Crippen LogP contribution >= 0.6 is 0 Å². The van der Waals surface area contributed by atoms with Crippen LogP contribution in [0.2, 0.25) is 0 Å². The lowest BCUT2D eigenvalue weighted by molar-refractivity contribution is 0.286. The zero-order valence-electron chi connectivity index (χ0n) is 11.1. The van der Waals surface area contributed by atoms with Gasteiger partial charge in [0.1, 0.15) is 0 Å². The zero-order valence-corrected chi connectivity index (χ0v) is 11.1. The average molecular weight is 245 g/mol. The van der Waals surface area contributed by atoms with E-state index < -0.39 is 0 Å². The van der Waals surface area contributed by atoms with Crippen LogP contribution in [0.4, 0.5) is 0 Å². The summed E-state index contributed by atoms with van der Waals surface area (Å²) in [4.78, 5) is 4.38. The molecule has 0 bridgehead atoms. The van der Waals surface area contributed by atoms with E-state index in [2.05, 4.69) is 30.9 Å². The van der Waals surface area contributed by atoms with Crippen molar-refractivity contribution in [1.82, 2.24) is 10.1 Å². The molecule has 2 N–H and O–H groups in total. The number of hydrogen-bond donors (Lipinski definition) is 1. The van der Waals surface area contributed by atoms with E-state index in [0.717, 1.165) is 5.56 Å². The molecule has 1 atom stereocenters. The second-order valence-corrected chi connectivity index (χ2v) is 5.55. The standard InChI is InChI=1S/C14H19N3O/c1-14(2,3)11(15)9-12-16-13(17-18-12)10-7-5-4-6-8-10/h4-8,11H,9,15H2,1-3H3. The van der Waals surface area contributed by atoms with Crippen LogP contribution in [0.15, 0.2) is 34.9 Å². The highest BCUT2D eigenvalue weighted by atomic mass is 16.5. The first-order valence-corrected chi connectivity index (χ1v) is 6.10. The minimum absolute atomic E-state index is 0.00146. The SMILES string of the molecule is CC(C)(C)C(N)Cc1nc(-c2ccccc2)no1. The van der Waals surface area contributed by atoms with Gasteiger partial charge in [0.05, 0.1) is 0 Å². The van der Waals surface area contributed by atoms with Gasteiger partial charge in [-0.15, -0.1) is 0 Å². The van der Waals surface area contributed by atoms with Gasteiger partial charge >= 0.3 is 0 Å². The molecule has 1 aromatic heterocycles. The van der Waals surface area contributed by atoms with Gasteiger partial charge < -0.3 is 10.3 Å². The quantitative estimate of drug-likeness (QED) is 0.902. The van der Waals surface area contributed by atoms with Gasteiger partial charge in [-0.1, -0.05) is 56.3 Å². The molecule has 1 unspecified atom stereocenters. The van der Waals surface area contributed by atoms with Crippen molar-refractivity contribution in [2.24, 2.45) is 11.1 Å². The first-order valence-electron chi connectivity index (χ1n) is 6.10. The molecule has 0 aliphatic carbocycles. The van der Waals surface area contributed by atoms with E-state index in [1.807, 2.05) is 30.3 Å². The highest BCUT2D eigenvalue weighted by molar-refractivity contribution is 5.53. The van der Waals surface area contributed by atoms with E-state index >= 15 is 0 Å². The fourth-order valence-electron chi connectivity index (χ4n) is 1.54. The summed E-state index contributed by atoms with van der Waals surface area (Å²) in [6, 6.07) is 9.77. The lowest BCUT2D eigenvalue weighted by Gasteiger charge is -2.25. The van der Waals surface area contributed by atoms with Crippen LogP contribution < -0.4 is 5.73 Å². The number of nitrogens with zero attached hydrogens (tertiary/aromatic N) is 2. The minimum Gasteiger partial charge on any atom is -0.339 e. The molecule has 0 amide bonds. The molecule has 18 heavy (non-hydrogen) atoms. The van der Waals surface area contributed by atoms with Crippen LogP contribution in [0.5, 0.6) is 0 Å². The molecule has 1 heterocycles. The van der Waals surface area contributed by atoms with E-state index in [4.69, 9.17) is 10.3 Å². The Hall–Kier alpha value is -1.68. The van der Waals surface area contributed by atoms with Crippen molar-refractivity contribution in [2.45, 2.75) is 33.2 Å². The molecule has 0 spiro atoms. The normalized spacial score (nSPS) is 13.6. The molecule has 0 fully saturated rings. The largest absolute Gasteiger partial charge is 0.339 e. The maximum atomic E-state index is 6.10. The van der Waals surface area contributed by atoms with Crippen LogP contribution in [-0.4, -0.2) is 16.2 Å². The Kier molecular flexibility index (Phi) is 3.48. The van der Waals surface area contributed by atoms with E-state index in [1.54, 1.807) is 0 Å². The van der Waals surface area contributed by atoms with Crippen molar-refractivity contribution < 1.29 is 4.52 Å². The molecular weight excluding hydrogens is 226 g/mol. The summed E-state index contributed by atoms with van der Waals surface area (Å²) in [6.07, 6.45) is 0.601. The molecule has 4 nitrogen and oxygen atoms in total. The molecule has 0 saturated carbocycles. The number of aromatic nitrogens is 2. The average Bonchev–Trinajstić information content (AvgIpc) is 2.77. The van der Waals surface area contributed by atoms with Gasteiger partial charge in [-0.05, 0) is 5.41 Å². The number of rotatable bonds is 3. The summed E-state index contributed by atoms with van der Waals surface area (Å²) in [6.45, 7) is 6.31. The van der Waals surface area contributed by atoms with Crippen LogP contribution in [0, 0.1) is 5.41 Å². The maximum Gasteiger partial charge on any atom is 0.228 e. The third-order valence-corrected chi connectivity index (χ3v) is 3.01. The summed E-state index contributed by atoms with van der Waals surface area (Å²) in [5, 5.41) is 3.98. The first-order chi connectivity index (χ1) is 8.47. The smallest absolute Gasteiger partial charge is 0.228 e. The van der Waals surface area contributed by atoms with E-state index in [9.17, 15) is 0 Å².